The van der Waals surface area contributed by atoms with Crippen molar-refractivity contribution in [1.29, 1.82) is 5.26 Å². The molecule has 0 aromatic heterocycles. The lowest BCUT2D eigenvalue weighted by atomic mass is 10.1. The zero-order chi connectivity index (χ0) is 14.5. The molecule has 2 rings (SSSR count). The Morgan fingerprint density at radius 3 is 2.75 bits per heavy atom. The molecule has 0 atom stereocenters. The van der Waals surface area contributed by atoms with Crippen LogP contribution in [0.25, 0.3) is 0 Å². The molecule has 0 saturated heterocycles. The van der Waals surface area contributed by atoms with Crippen LogP contribution < -0.4 is 0 Å². The van der Waals surface area contributed by atoms with E-state index in [0.717, 1.165) is 16.7 Å². The lowest BCUT2D eigenvalue weighted by Crippen LogP contribution is -2.06. The highest BCUT2D eigenvalue weighted by Gasteiger charge is 2.09. The molecular formula is C17H15NO2. The van der Waals surface area contributed by atoms with Crippen molar-refractivity contribution in [3.63, 3.8) is 0 Å². The Morgan fingerprint density at radius 1 is 1.20 bits per heavy atom. The largest absolute Gasteiger partial charge is 0.457 e. The molecule has 0 bridgehead atoms. The maximum Gasteiger partial charge on any atom is 0.338 e. The van der Waals surface area contributed by atoms with Crippen molar-refractivity contribution in [3.8, 4) is 6.07 Å². The van der Waals surface area contributed by atoms with Crippen LogP contribution >= 0.6 is 0 Å². The van der Waals surface area contributed by atoms with Gasteiger partial charge in [0.05, 0.1) is 17.2 Å². The zero-order valence-corrected chi connectivity index (χ0v) is 11.5. The molecule has 0 amide bonds. The molecule has 2 aromatic rings. The summed E-state index contributed by atoms with van der Waals surface area (Å²) in [7, 11) is 0. The lowest BCUT2D eigenvalue weighted by Gasteiger charge is -2.08. The summed E-state index contributed by atoms with van der Waals surface area (Å²) >= 11 is 0. The Hall–Kier alpha value is -2.60. The second-order valence-corrected chi connectivity index (χ2v) is 4.70. The highest BCUT2D eigenvalue weighted by Crippen LogP contribution is 2.13. The van der Waals surface area contributed by atoms with E-state index in [1.54, 1.807) is 18.2 Å². The molecule has 20 heavy (non-hydrogen) atoms. The normalized spacial score (nSPS) is 9.85. The van der Waals surface area contributed by atoms with Gasteiger partial charge in [-0.15, -0.1) is 0 Å². The Bertz CT molecular complexity index is 684. The molecule has 0 N–H and O–H groups in total. The van der Waals surface area contributed by atoms with Gasteiger partial charge in [-0.05, 0) is 43.2 Å². The van der Waals surface area contributed by atoms with E-state index >= 15 is 0 Å². The van der Waals surface area contributed by atoms with Crippen molar-refractivity contribution in [2.75, 3.05) is 0 Å². The number of ether oxygens (including phenoxy) is 1. The number of nitriles is 1. The van der Waals surface area contributed by atoms with Gasteiger partial charge in [0.15, 0.2) is 0 Å². The number of rotatable bonds is 3. The first-order valence-electron chi connectivity index (χ1n) is 6.33. The van der Waals surface area contributed by atoms with Crippen molar-refractivity contribution in [3.05, 3.63) is 70.3 Å². The summed E-state index contributed by atoms with van der Waals surface area (Å²) in [5, 5.41) is 8.82. The van der Waals surface area contributed by atoms with E-state index in [-0.39, 0.29) is 6.61 Å². The van der Waals surface area contributed by atoms with Crippen molar-refractivity contribution in [2.45, 2.75) is 20.5 Å². The predicted molar refractivity (Wildman–Crippen MR) is 76.2 cm³/mol. The third-order valence-corrected chi connectivity index (χ3v) is 3.09. The quantitative estimate of drug-likeness (QED) is 0.798. The monoisotopic (exact) mass is 265 g/mol. The fourth-order valence-electron chi connectivity index (χ4n) is 1.90. The van der Waals surface area contributed by atoms with Gasteiger partial charge in [0.25, 0.3) is 0 Å². The van der Waals surface area contributed by atoms with Gasteiger partial charge in [-0.1, -0.05) is 29.8 Å². The topological polar surface area (TPSA) is 50.1 Å². The second kappa shape index (κ2) is 6.03. The van der Waals surface area contributed by atoms with Crippen LogP contribution in [-0.4, -0.2) is 5.97 Å². The molecule has 0 radical (unpaired) electrons. The maximum atomic E-state index is 12.0. The Balaban J connectivity index is 2.09. The SMILES string of the molecule is Cc1ccc(C)c(COC(=O)c2cccc(C#N)c2)c1. The van der Waals surface area contributed by atoms with E-state index in [4.69, 9.17) is 10.00 Å². The van der Waals surface area contributed by atoms with Gasteiger partial charge >= 0.3 is 5.97 Å². The fourth-order valence-corrected chi connectivity index (χ4v) is 1.90. The van der Waals surface area contributed by atoms with E-state index in [9.17, 15) is 4.79 Å². The van der Waals surface area contributed by atoms with Crippen LogP contribution in [0.4, 0.5) is 0 Å². The first-order chi connectivity index (χ1) is 9.60. The lowest BCUT2D eigenvalue weighted by molar-refractivity contribution is 0.0472. The summed E-state index contributed by atoms with van der Waals surface area (Å²) in [5.41, 5.74) is 4.07. The van der Waals surface area contributed by atoms with E-state index in [1.807, 2.05) is 38.1 Å². The summed E-state index contributed by atoms with van der Waals surface area (Å²) in [6, 6.07) is 14.6. The molecular weight excluding hydrogens is 250 g/mol. The zero-order valence-electron chi connectivity index (χ0n) is 11.5. The third-order valence-electron chi connectivity index (χ3n) is 3.09. The molecule has 0 aliphatic carbocycles. The van der Waals surface area contributed by atoms with E-state index in [0.29, 0.717) is 11.1 Å². The number of nitrogens with zero attached hydrogens (tertiary/aromatic N) is 1. The van der Waals surface area contributed by atoms with Crippen molar-refractivity contribution in [2.24, 2.45) is 0 Å². The Labute approximate surface area is 118 Å². The minimum atomic E-state index is -0.414. The average Bonchev–Trinajstić information content (AvgIpc) is 2.48. The van der Waals surface area contributed by atoms with Crippen LogP contribution in [0.2, 0.25) is 0 Å². The molecule has 0 unspecified atom stereocenters. The van der Waals surface area contributed by atoms with Crippen molar-refractivity contribution < 1.29 is 9.53 Å². The van der Waals surface area contributed by atoms with Gasteiger partial charge in [0.1, 0.15) is 6.61 Å². The van der Waals surface area contributed by atoms with E-state index in [2.05, 4.69) is 0 Å². The predicted octanol–water partition coefficient (Wildman–Crippen LogP) is 3.53. The van der Waals surface area contributed by atoms with Crippen molar-refractivity contribution in [1.82, 2.24) is 0 Å². The number of benzene rings is 2. The Morgan fingerprint density at radius 2 is 2.00 bits per heavy atom. The molecule has 0 aliphatic heterocycles. The maximum absolute atomic E-state index is 12.0. The van der Waals surface area contributed by atoms with Gasteiger partial charge in [0.2, 0.25) is 0 Å². The number of aryl methyl sites for hydroxylation is 2. The van der Waals surface area contributed by atoms with Crippen LogP contribution in [0.1, 0.15) is 32.6 Å². The number of hydrogen-bond acceptors (Lipinski definition) is 3. The number of carbonyl (C=O) groups is 1. The molecule has 100 valence electrons. The van der Waals surface area contributed by atoms with Gasteiger partial charge in [0, 0.05) is 0 Å². The summed E-state index contributed by atoms with van der Waals surface area (Å²) in [6.07, 6.45) is 0. The van der Waals surface area contributed by atoms with Gasteiger partial charge in [-0.2, -0.15) is 5.26 Å². The minimum Gasteiger partial charge on any atom is -0.457 e. The molecule has 0 fully saturated rings. The van der Waals surface area contributed by atoms with Gasteiger partial charge < -0.3 is 4.74 Å². The number of carbonyl (C=O) groups excluding carboxylic acids is 1. The molecule has 0 heterocycles. The molecule has 0 aliphatic rings. The fraction of sp³-hybridized carbons (Fsp3) is 0.176. The standard InChI is InChI=1S/C17H15NO2/c1-12-6-7-13(2)16(8-12)11-20-17(19)15-5-3-4-14(9-15)10-18/h3-9H,11H2,1-2H3. The van der Waals surface area contributed by atoms with Crippen LogP contribution in [-0.2, 0) is 11.3 Å². The highest BCUT2D eigenvalue weighted by molar-refractivity contribution is 5.89. The van der Waals surface area contributed by atoms with Gasteiger partial charge in [-0.25, -0.2) is 4.79 Å². The molecule has 3 heteroatoms. The molecule has 3 nitrogen and oxygen atoms in total. The molecule has 0 saturated carbocycles. The van der Waals surface area contributed by atoms with E-state index in [1.165, 1.54) is 6.07 Å². The van der Waals surface area contributed by atoms with E-state index < -0.39 is 5.97 Å². The van der Waals surface area contributed by atoms with Crippen LogP contribution in [0, 0.1) is 25.2 Å². The first kappa shape index (κ1) is 13.8. The number of esters is 1. The summed E-state index contributed by atoms with van der Waals surface area (Å²) in [4.78, 5) is 12.0. The minimum absolute atomic E-state index is 0.239. The highest BCUT2D eigenvalue weighted by atomic mass is 16.5. The number of hydrogen-bond donors (Lipinski definition) is 0. The van der Waals surface area contributed by atoms with Gasteiger partial charge in [-0.3, -0.25) is 0 Å². The summed E-state index contributed by atoms with van der Waals surface area (Å²) in [6.45, 7) is 4.23. The summed E-state index contributed by atoms with van der Waals surface area (Å²) < 4.78 is 5.30. The average molecular weight is 265 g/mol. The Kier molecular flexibility index (Phi) is 4.17. The summed E-state index contributed by atoms with van der Waals surface area (Å²) in [5.74, 6) is -0.414. The third kappa shape index (κ3) is 3.24. The van der Waals surface area contributed by atoms with Crippen molar-refractivity contribution >= 4 is 5.97 Å². The molecule has 2 aromatic carbocycles. The van der Waals surface area contributed by atoms with Crippen LogP contribution in [0.15, 0.2) is 42.5 Å². The molecule has 0 spiro atoms. The second-order valence-electron chi connectivity index (χ2n) is 4.70. The van der Waals surface area contributed by atoms with Crippen LogP contribution in [0.5, 0.6) is 0 Å². The smallest absolute Gasteiger partial charge is 0.338 e. The van der Waals surface area contributed by atoms with Crippen LogP contribution in [0.3, 0.4) is 0 Å². The first-order valence-corrected chi connectivity index (χ1v) is 6.33.